The molecular formula is C21H20FN3O2. The Morgan fingerprint density at radius 1 is 1.15 bits per heavy atom. The van der Waals surface area contributed by atoms with E-state index in [1.54, 1.807) is 12.1 Å². The Kier molecular flexibility index (Phi) is 4.39. The van der Waals surface area contributed by atoms with Crippen LogP contribution in [0.15, 0.2) is 48.5 Å². The molecule has 27 heavy (non-hydrogen) atoms. The zero-order valence-corrected chi connectivity index (χ0v) is 14.9. The maximum absolute atomic E-state index is 13.8. The lowest BCUT2D eigenvalue weighted by Gasteiger charge is -2.14. The lowest BCUT2D eigenvalue weighted by Crippen LogP contribution is -2.26. The number of nitrogens with one attached hydrogen (secondary N) is 3. The maximum atomic E-state index is 13.8. The highest BCUT2D eigenvalue weighted by Crippen LogP contribution is 2.30. The zero-order valence-electron chi connectivity index (χ0n) is 14.9. The normalized spacial score (nSPS) is 14.7. The number of aromatic amines is 1. The van der Waals surface area contributed by atoms with Gasteiger partial charge in [-0.05, 0) is 55.7 Å². The molecule has 0 saturated heterocycles. The molecule has 0 bridgehead atoms. The van der Waals surface area contributed by atoms with Crippen molar-refractivity contribution in [1.29, 1.82) is 0 Å². The van der Waals surface area contributed by atoms with E-state index in [0.29, 0.717) is 16.6 Å². The summed E-state index contributed by atoms with van der Waals surface area (Å²) in [6, 6.07) is 13.4. The average molecular weight is 365 g/mol. The molecule has 1 fully saturated rings. The van der Waals surface area contributed by atoms with Gasteiger partial charge < -0.3 is 15.6 Å². The number of carbonyl (C=O) groups excluding carboxylic acids is 2. The smallest absolute Gasteiger partial charge is 0.268 e. The largest absolute Gasteiger partial charge is 0.350 e. The first-order chi connectivity index (χ1) is 13.0. The van der Waals surface area contributed by atoms with Crippen LogP contribution in [0.4, 0.5) is 10.1 Å². The molecule has 1 unspecified atom stereocenters. The number of fused-ring (bicyclic) bond motifs is 1. The van der Waals surface area contributed by atoms with Crippen LogP contribution >= 0.6 is 0 Å². The molecule has 138 valence electrons. The molecule has 4 rings (SSSR count). The van der Waals surface area contributed by atoms with E-state index in [4.69, 9.17) is 0 Å². The Morgan fingerprint density at radius 2 is 1.89 bits per heavy atom. The number of H-pyrrole nitrogens is 1. The van der Waals surface area contributed by atoms with Crippen LogP contribution in [0.3, 0.4) is 0 Å². The van der Waals surface area contributed by atoms with Gasteiger partial charge in [-0.2, -0.15) is 0 Å². The molecule has 5 nitrogen and oxygen atoms in total. The number of hydrogen-bond donors (Lipinski definition) is 3. The molecule has 0 spiro atoms. The third kappa shape index (κ3) is 3.69. The number of carbonyl (C=O) groups is 2. The number of amides is 2. The first-order valence-corrected chi connectivity index (χ1v) is 9.00. The van der Waals surface area contributed by atoms with E-state index in [1.807, 2.05) is 31.2 Å². The zero-order chi connectivity index (χ0) is 19.0. The summed E-state index contributed by atoms with van der Waals surface area (Å²) in [5.41, 5.74) is 2.56. The molecular weight excluding hydrogens is 345 g/mol. The fourth-order valence-electron chi connectivity index (χ4n) is 3.04. The minimum absolute atomic E-state index is 0.0649. The van der Waals surface area contributed by atoms with E-state index in [0.717, 1.165) is 24.1 Å². The van der Waals surface area contributed by atoms with Crippen LogP contribution in [0.1, 0.15) is 41.9 Å². The van der Waals surface area contributed by atoms with Crippen molar-refractivity contribution in [1.82, 2.24) is 10.3 Å². The van der Waals surface area contributed by atoms with Crippen molar-refractivity contribution in [2.75, 3.05) is 5.32 Å². The quantitative estimate of drug-likeness (QED) is 0.635. The highest BCUT2D eigenvalue weighted by molar-refractivity contribution is 5.98. The van der Waals surface area contributed by atoms with Crippen LogP contribution in [0.5, 0.6) is 0 Å². The van der Waals surface area contributed by atoms with Crippen LogP contribution in [0.25, 0.3) is 10.9 Å². The number of aromatic nitrogens is 1. The molecule has 0 radical (unpaired) electrons. The van der Waals surface area contributed by atoms with Gasteiger partial charge >= 0.3 is 0 Å². The van der Waals surface area contributed by atoms with Crippen LogP contribution in [0.2, 0.25) is 0 Å². The number of rotatable bonds is 5. The second kappa shape index (κ2) is 6.87. The van der Waals surface area contributed by atoms with Gasteiger partial charge in [0.15, 0.2) is 0 Å². The molecule has 2 amide bonds. The van der Waals surface area contributed by atoms with Gasteiger partial charge in [0.05, 0.1) is 6.04 Å². The van der Waals surface area contributed by atoms with Gasteiger partial charge in [-0.3, -0.25) is 9.59 Å². The standard InChI is InChI=1S/C21H20FN3O2/c1-12(13-7-9-15(10-8-13)24-20(26)14-5-6-14)23-21(27)19-11-16-17(22)3-2-4-18(16)25-19/h2-4,7-12,14,25H,5-6H2,1H3,(H,23,27)(H,24,26). The number of hydrogen-bond acceptors (Lipinski definition) is 2. The van der Waals surface area contributed by atoms with Crippen molar-refractivity contribution < 1.29 is 14.0 Å². The molecule has 1 atom stereocenters. The molecule has 1 heterocycles. The van der Waals surface area contributed by atoms with Crippen molar-refractivity contribution in [3.05, 3.63) is 65.6 Å². The van der Waals surface area contributed by atoms with Crippen molar-refractivity contribution in [3.63, 3.8) is 0 Å². The van der Waals surface area contributed by atoms with E-state index in [1.165, 1.54) is 12.1 Å². The molecule has 6 heteroatoms. The van der Waals surface area contributed by atoms with E-state index in [9.17, 15) is 14.0 Å². The lowest BCUT2D eigenvalue weighted by molar-refractivity contribution is -0.117. The highest BCUT2D eigenvalue weighted by atomic mass is 19.1. The van der Waals surface area contributed by atoms with Crippen LogP contribution in [-0.2, 0) is 4.79 Å². The van der Waals surface area contributed by atoms with Gasteiger partial charge in [-0.25, -0.2) is 4.39 Å². The molecule has 1 saturated carbocycles. The number of halogens is 1. The highest BCUT2D eigenvalue weighted by Gasteiger charge is 2.29. The summed E-state index contributed by atoms with van der Waals surface area (Å²) >= 11 is 0. The van der Waals surface area contributed by atoms with Crippen LogP contribution in [-0.4, -0.2) is 16.8 Å². The van der Waals surface area contributed by atoms with Gasteiger partial charge in [0.2, 0.25) is 5.91 Å². The summed E-state index contributed by atoms with van der Waals surface area (Å²) in [5, 5.41) is 6.19. The monoisotopic (exact) mass is 365 g/mol. The van der Waals surface area contributed by atoms with Crippen LogP contribution in [0, 0.1) is 11.7 Å². The Bertz CT molecular complexity index is 1010. The first kappa shape index (κ1) is 17.3. The molecule has 1 aliphatic rings. The SMILES string of the molecule is CC(NC(=O)c1cc2c(F)cccc2[nH]1)c1ccc(NC(=O)C2CC2)cc1. The second-order valence-corrected chi connectivity index (χ2v) is 6.96. The topological polar surface area (TPSA) is 74.0 Å². The summed E-state index contributed by atoms with van der Waals surface area (Å²) in [5.74, 6) is -0.442. The summed E-state index contributed by atoms with van der Waals surface area (Å²) < 4.78 is 13.8. The van der Waals surface area contributed by atoms with Gasteiger partial charge in [0.25, 0.3) is 5.91 Å². The number of anilines is 1. The minimum Gasteiger partial charge on any atom is -0.350 e. The molecule has 1 aliphatic carbocycles. The van der Waals surface area contributed by atoms with E-state index >= 15 is 0 Å². The second-order valence-electron chi connectivity index (χ2n) is 6.96. The summed E-state index contributed by atoms with van der Waals surface area (Å²) in [7, 11) is 0. The van der Waals surface area contributed by atoms with E-state index in [2.05, 4.69) is 15.6 Å². The van der Waals surface area contributed by atoms with Crippen molar-refractivity contribution >= 4 is 28.4 Å². The molecule has 1 aromatic heterocycles. The van der Waals surface area contributed by atoms with Crippen molar-refractivity contribution in [2.24, 2.45) is 5.92 Å². The lowest BCUT2D eigenvalue weighted by atomic mass is 10.1. The van der Waals surface area contributed by atoms with Crippen LogP contribution < -0.4 is 10.6 Å². The summed E-state index contributed by atoms with van der Waals surface area (Å²) in [4.78, 5) is 27.2. The van der Waals surface area contributed by atoms with Crippen molar-refractivity contribution in [3.8, 4) is 0 Å². The number of benzene rings is 2. The van der Waals surface area contributed by atoms with Gasteiger partial charge in [0.1, 0.15) is 11.5 Å². The molecule has 3 aromatic rings. The third-order valence-corrected chi connectivity index (χ3v) is 4.83. The first-order valence-electron chi connectivity index (χ1n) is 9.00. The molecule has 0 aliphatic heterocycles. The summed E-state index contributed by atoms with van der Waals surface area (Å²) in [6.07, 6.45) is 1.93. The fourth-order valence-corrected chi connectivity index (χ4v) is 3.04. The van der Waals surface area contributed by atoms with Gasteiger partial charge in [-0.15, -0.1) is 0 Å². The Morgan fingerprint density at radius 3 is 2.56 bits per heavy atom. The maximum Gasteiger partial charge on any atom is 0.268 e. The summed E-state index contributed by atoms with van der Waals surface area (Å²) in [6.45, 7) is 1.87. The Labute approximate surface area is 156 Å². The Balaban J connectivity index is 1.42. The van der Waals surface area contributed by atoms with Crippen molar-refractivity contribution in [2.45, 2.75) is 25.8 Å². The minimum atomic E-state index is -0.361. The molecule has 2 aromatic carbocycles. The van der Waals surface area contributed by atoms with E-state index in [-0.39, 0.29) is 29.6 Å². The Hall–Kier alpha value is -3.15. The third-order valence-electron chi connectivity index (χ3n) is 4.83. The molecule has 3 N–H and O–H groups in total. The van der Waals surface area contributed by atoms with E-state index < -0.39 is 0 Å². The van der Waals surface area contributed by atoms with Gasteiger partial charge in [0, 0.05) is 22.5 Å². The average Bonchev–Trinajstić information content (AvgIpc) is 3.41. The fraction of sp³-hybridized carbons (Fsp3) is 0.238. The predicted molar refractivity (Wildman–Crippen MR) is 102 cm³/mol. The van der Waals surface area contributed by atoms with Gasteiger partial charge in [-0.1, -0.05) is 18.2 Å². The predicted octanol–water partition coefficient (Wildman–Crippen LogP) is 4.15.